The summed E-state index contributed by atoms with van der Waals surface area (Å²) in [5.41, 5.74) is 1.95. The van der Waals surface area contributed by atoms with E-state index in [-0.39, 0.29) is 28.6 Å². The molecule has 0 saturated carbocycles. The molecular weight excluding hydrogens is 485 g/mol. The molecule has 148 valence electrons. The molecule has 0 saturated heterocycles. The van der Waals surface area contributed by atoms with Gasteiger partial charge in [-0.3, -0.25) is 14.9 Å². The second-order valence-electron chi connectivity index (χ2n) is 5.21. The van der Waals surface area contributed by atoms with Gasteiger partial charge in [0.2, 0.25) is 11.5 Å². The third-order valence-electron chi connectivity index (χ3n) is 3.58. The quantitative estimate of drug-likeness (QED) is 0.258. The third kappa shape index (κ3) is 4.42. The number of benzene rings is 2. The largest absolute Gasteiger partial charge is 0.507 e. The van der Waals surface area contributed by atoms with Gasteiger partial charge in [-0.2, -0.15) is 5.10 Å². The average molecular weight is 501 g/mol. The van der Waals surface area contributed by atoms with Gasteiger partial charge in [0.25, 0.3) is 5.91 Å². The lowest BCUT2D eigenvalue weighted by molar-refractivity contribution is -0.386. The first kappa shape index (κ1) is 21.2. The lowest BCUT2D eigenvalue weighted by Gasteiger charge is -2.14. The number of hydrogen-bond acceptors (Lipinski definition) is 8. The van der Waals surface area contributed by atoms with Crippen molar-refractivity contribution < 1.29 is 29.0 Å². The summed E-state index contributed by atoms with van der Waals surface area (Å²) in [6.07, 6.45) is 1.34. The van der Waals surface area contributed by atoms with Crippen molar-refractivity contribution in [3.8, 4) is 23.0 Å². The van der Waals surface area contributed by atoms with Gasteiger partial charge in [0.15, 0.2) is 5.75 Å². The monoisotopic (exact) mass is 501 g/mol. The van der Waals surface area contributed by atoms with Crippen molar-refractivity contribution in [2.24, 2.45) is 5.10 Å². The van der Waals surface area contributed by atoms with E-state index in [1.54, 1.807) is 12.1 Å². The summed E-state index contributed by atoms with van der Waals surface area (Å²) >= 11 is 1.94. The lowest BCUT2D eigenvalue weighted by Crippen LogP contribution is -2.20. The third-order valence-corrected chi connectivity index (χ3v) is 4.45. The Labute approximate surface area is 173 Å². The van der Waals surface area contributed by atoms with Crippen LogP contribution in [0.3, 0.4) is 0 Å². The number of nitrogens with one attached hydrogen (secondary N) is 1. The number of phenolic OH excluding ortho intramolecular Hbond substituents is 1. The number of hydrogen-bond donors (Lipinski definition) is 2. The minimum absolute atomic E-state index is 0.00424. The Balaban J connectivity index is 2.39. The Morgan fingerprint density at radius 1 is 1.21 bits per heavy atom. The summed E-state index contributed by atoms with van der Waals surface area (Å²) in [6, 6.07) is 5.89. The van der Waals surface area contributed by atoms with Crippen LogP contribution in [0.5, 0.6) is 23.0 Å². The summed E-state index contributed by atoms with van der Waals surface area (Å²) in [5, 5.41) is 24.8. The molecule has 28 heavy (non-hydrogen) atoms. The van der Waals surface area contributed by atoms with Crippen LogP contribution in [-0.2, 0) is 0 Å². The number of rotatable bonds is 7. The molecule has 0 spiro atoms. The van der Waals surface area contributed by atoms with E-state index in [1.807, 2.05) is 22.6 Å². The zero-order valence-electron chi connectivity index (χ0n) is 15.1. The SMILES string of the molecule is COc1cc(C(=O)N/N=C/c2ccc(O)c(I)c2)c([N+](=O)[O-])c(OC)c1OC. The highest BCUT2D eigenvalue weighted by Gasteiger charge is 2.32. The van der Waals surface area contributed by atoms with Crippen LogP contribution >= 0.6 is 22.6 Å². The van der Waals surface area contributed by atoms with Crippen LogP contribution in [0.1, 0.15) is 15.9 Å². The molecule has 1 amide bonds. The zero-order chi connectivity index (χ0) is 20.8. The Morgan fingerprint density at radius 3 is 2.43 bits per heavy atom. The number of hydrazone groups is 1. The second kappa shape index (κ2) is 9.21. The van der Waals surface area contributed by atoms with Crippen LogP contribution in [0, 0.1) is 13.7 Å². The number of aromatic hydroxyl groups is 1. The predicted molar refractivity (Wildman–Crippen MR) is 109 cm³/mol. The van der Waals surface area contributed by atoms with Gasteiger partial charge in [-0.05, 0) is 46.4 Å². The molecule has 11 heteroatoms. The highest BCUT2D eigenvalue weighted by atomic mass is 127. The van der Waals surface area contributed by atoms with Gasteiger partial charge in [0.05, 0.1) is 36.0 Å². The molecule has 0 atom stereocenters. The molecule has 2 aromatic carbocycles. The number of methoxy groups -OCH3 is 3. The molecule has 0 heterocycles. The van der Waals surface area contributed by atoms with Gasteiger partial charge in [-0.25, -0.2) is 5.43 Å². The van der Waals surface area contributed by atoms with Crippen molar-refractivity contribution in [1.82, 2.24) is 5.43 Å². The molecule has 0 unspecified atom stereocenters. The maximum atomic E-state index is 12.5. The van der Waals surface area contributed by atoms with Gasteiger partial charge in [0.1, 0.15) is 11.3 Å². The minimum atomic E-state index is -0.837. The smallest absolute Gasteiger partial charge is 0.327 e. The number of amides is 1. The second-order valence-corrected chi connectivity index (χ2v) is 6.37. The average Bonchev–Trinajstić information content (AvgIpc) is 2.68. The van der Waals surface area contributed by atoms with Gasteiger partial charge in [0, 0.05) is 6.07 Å². The molecule has 10 nitrogen and oxygen atoms in total. The Bertz CT molecular complexity index is 947. The van der Waals surface area contributed by atoms with Gasteiger partial charge in [-0.1, -0.05) is 0 Å². The topological polar surface area (TPSA) is 133 Å². The summed E-state index contributed by atoms with van der Waals surface area (Å²) in [5.74, 6) is -0.873. The maximum Gasteiger partial charge on any atom is 0.327 e. The first-order valence-corrected chi connectivity index (χ1v) is 8.71. The standard InChI is InChI=1S/C17H16IN3O7/c1-26-13-7-10(14(21(24)25)16(28-3)15(13)27-2)17(23)20-19-8-9-4-5-12(22)11(18)6-9/h4-8,22H,1-3H3,(H,20,23)/b19-8+. The lowest BCUT2D eigenvalue weighted by atomic mass is 10.1. The number of ether oxygens (including phenoxy) is 3. The Hall–Kier alpha value is -3.09. The van der Waals surface area contributed by atoms with E-state index < -0.39 is 16.5 Å². The summed E-state index contributed by atoms with van der Waals surface area (Å²) in [7, 11) is 3.85. The highest BCUT2D eigenvalue weighted by molar-refractivity contribution is 14.1. The van der Waals surface area contributed by atoms with E-state index in [0.29, 0.717) is 9.13 Å². The number of nitrogens with zero attached hydrogens (tertiary/aromatic N) is 2. The summed E-state index contributed by atoms with van der Waals surface area (Å²) in [6.45, 7) is 0. The van der Waals surface area contributed by atoms with Crippen molar-refractivity contribution >= 4 is 40.4 Å². The van der Waals surface area contributed by atoms with Crippen LogP contribution in [0.15, 0.2) is 29.4 Å². The molecule has 0 radical (unpaired) electrons. The zero-order valence-corrected chi connectivity index (χ0v) is 17.2. The molecule has 0 bridgehead atoms. The highest BCUT2D eigenvalue weighted by Crippen LogP contribution is 2.46. The van der Waals surface area contributed by atoms with Gasteiger partial charge < -0.3 is 19.3 Å². The van der Waals surface area contributed by atoms with Crippen molar-refractivity contribution in [2.45, 2.75) is 0 Å². The van der Waals surface area contributed by atoms with Crippen LogP contribution in [-0.4, -0.2) is 43.5 Å². The molecule has 0 fully saturated rings. The van der Waals surface area contributed by atoms with E-state index in [2.05, 4.69) is 10.5 Å². The number of halogens is 1. The molecule has 2 rings (SSSR count). The summed E-state index contributed by atoms with van der Waals surface area (Å²) < 4.78 is 15.9. The van der Waals surface area contributed by atoms with Crippen molar-refractivity contribution in [3.05, 3.63) is 49.1 Å². The first-order valence-electron chi connectivity index (χ1n) is 7.63. The van der Waals surface area contributed by atoms with E-state index in [0.717, 1.165) is 0 Å². The number of nitro groups is 1. The predicted octanol–water partition coefficient (Wildman–Crippen LogP) is 2.69. The van der Waals surface area contributed by atoms with E-state index in [1.165, 1.54) is 39.7 Å². The number of phenols is 1. The normalized spacial score (nSPS) is 10.6. The molecule has 0 aliphatic carbocycles. The number of nitro benzene ring substituents is 1. The van der Waals surface area contributed by atoms with E-state index in [4.69, 9.17) is 14.2 Å². The maximum absolute atomic E-state index is 12.5. The molecule has 0 aliphatic heterocycles. The van der Waals surface area contributed by atoms with Crippen molar-refractivity contribution in [3.63, 3.8) is 0 Å². The van der Waals surface area contributed by atoms with Crippen LogP contribution in [0.25, 0.3) is 0 Å². The van der Waals surface area contributed by atoms with E-state index >= 15 is 0 Å². The fourth-order valence-corrected chi connectivity index (χ4v) is 2.86. The van der Waals surface area contributed by atoms with Crippen LogP contribution in [0.2, 0.25) is 0 Å². The van der Waals surface area contributed by atoms with Crippen LogP contribution in [0.4, 0.5) is 5.69 Å². The Morgan fingerprint density at radius 2 is 1.89 bits per heavy atom. The first-order chi connectivity index (χ1) is 13.3. The fourth-order valence-electron chi connectivity index (χ4n) is 2.32. The fraction of sp³-hybridized carbons (Fsp3) is 0.176. The van der Waals surface area contributed by atoms with Crippen LogP contribution < -0.4 is 19.6 Å². The number of carbonyl (C=O) groups excluding carboxylic acids is 1. The van der Waals surface area contributed by atoms with Gasteiger partial charge in [-0.15, -0.1) is 0 Å². The Kier molecular flexibility index (Phi) is 6.98. The minimum Gasteiger partial charge on any atom is -0.507 e. The number of carbonyl (C=O) groups is 1. The van der Waals surface area contributed by atoms with Crippen molar-refractivity contribution in [1.29, 1.82) is 0 Å². The molecule has 0 aliphatic rings. The molecule has 0 aromatic heterocycles. The molecule has 2 N–H and O–H groups in total. The molecule has 2 aromatic rings. The van der Waals surface area contributed by atoms with E-state index in [9.17, 15) is 20.0 Å². The van der Waals surface area contributed by atoms with Crippen molar-refractivity contribution in [2.75, 3.05) is 21.3 Å². The molecular formula is C17H16IN3O7. The van der Waals surface area contributed by atoms with Gasteiger partial charge >= 0.3 is 5.69 Å². The summed E-state index contributed by atoms with van der Waals surface area (Å²) in [4.78, 5) is 23.3.